The minimum atomic E-state index is -0.101. The topological polar surface area (TPSA) is 81.2 Å². The molecule has 0 bridgehead atoms. The summed E-state index contributed by atoms with van der Waals surface area (Å²) in [4.78, 5) is 16.3. The first-order chi connectivity index (χ1) is 11.6. The molecule has 1 N–H and O–H groups in total. The first kappa shape index (κ1) is 16.3. The van der Waals surface area contributed by atoms with Gasteiger partial charge in [0.15, 0.2) is 5.76 Å². The van der Waals surface area contributed by atoms with Gasteiger partial charge in [-0.05, 0) is 36.8 Å². The maximum Gasteiger partial charge on any atom is 0.238 e. The van der Waals surface area contributed by atoms with Gasteiger partial charge in [-0.3, -0.25) is 4.79 Å². The van der Waals surface area contributed by atoms with Crippen LogP contribution in [-0.2, 0) is 11.2 Å². The lowest BCUT2D eigenvalue weighted by molar-refractivity contribution is -0.121. The van der Waals surface area contributed by atoms with Crippen LogP contribution in [0.4, 0.5) is 0 Å². The Kier molecular flexibility index (Phi) is 4.96. The third kappa shape index (κ3) is 4.02. The van der Waals surface area contributed by atoms with Crippen molar-refractivity contribution in [2.75, 3.05) is 0 Å². The van der Waals surface area contributed by atoms with Crippen molar-refractivity contribution in [1.82, 2.24) is 15.5 Å². The fraction of sp³-hybridized carbons (Fsp3) is 0.235. The van der Waals surface area contributed by atoms with Gasteiger partial charge in [-0.15, -0.1) is 0 Å². The predicted molar refractivity (Wildman–Crippen MR) is 88.3 cm³/mol. The zero-order valence-corrected chi connectivity index (χ0v) is 13.8. The molecule has 124 valence electrons. The largest absolute Gasteiger partial charge is 0.461 e. The number of halogens is 1. The van der Waals surface area contributed by atoms with Crippen molar-refractivity contribution in [3.8, 4) is 11.6 Å². The molecule has 0 radical (unpaired) electrons. The van der Waals surface area contributed by atoms with Crippen molar-refractivity contribution in [2.45, 2.75) is 25.8 Å². The molecule has 0 saturated heterocycles. The third-order valence-corrected chi connectivity index (χ3v) is 3.78. The lowest BCUT2D eigenvalue weighted by Gasteiger charge is -2.14. The van der Waals surface area contributed by atoms with Gasteiger partial charge in [-0.25, -0.2) is 0 Å². The van der Waals surface area contributed by atoms with E-state index in [-0.39, 0.29) is 18.4 Å². The molecule has 0 aliphatic rings. The Morgan fingerprint density at radius 2 is 2.08 bits per heavy atom. The average Bonchev–Trinajstić information content (AvgIpc) is 3.25. The van der Waals surface area contributed by atoms with Crippen LogP contribution in [0.15, 0.2) is 51.6 Å². The average molecular weight is 346 g/mol. The molecule has 0 aliphatic carbocycles. The molecular weight excluding hydrogens is 330 g/mol. The normalized spacial score (nSPS) is 12.1. The minimum absolute atomic E-state index is 0.0878. The highest BCUT2D eigenvalue weighted by atomic mass is 35.5. The van der Waals surface area contributed by atoms with E-state index in [1.165, 1.54) is 6.26 Å². The van der Waals surface area contributed by atoms with Gasteiger partial charge in [-0.2, -0.15) is 4.98 Å². The van der Waals surface area contributed by atoms with Gasteiger partial charge >= 0.3 is 0 Å². The van der Waals surface area contributed by atoms with E-state index in [9.17, 15) is 4.79 Å². The quantitative estimate of drug-likeness (QED) is 0.735. The van der Waals surface area contributed by atoms with Crippen LogP contribution in [0, 0.1) is 0 Å². The van der Waals surface area contributed by atoms with Crippen LogP contribution < -0.4 is 5.32 Å². The highest BCUT2D eigenvalue weighted by molar-refractivity contribution is 6.30. The van der Waals surface area contributed by atoms with Gasteiger partial charge in [0.25, 0.3) is 0 Å². The minimum Gasteiger partial charge on any atom is -0.461 e. The molecule has 1 atom stereocenters. The Morgan fingerprint density at radius 1 is 1.29 bits per heavy atom. The zero-order chi connectivity index (χ0) is 16.9. The van der Waals surface area contributed by atoms with Crippen LogP contribution in [0.25, 0.3) is 11.6 Å². The smallest absolute Gasteiger partial charge is 0.238 e. The molecule has 2 aromatic heterocycles. The Hall–Kier alpha value is -2.60. The summed E-state index contributed by atoms with van der Waals surface area (Å²) in [6, 6.07) is 10.8. The van der Waals surface area contributed by atoms with Gasteiger partial charge in [0, 0.05) is 17.9 Å². The lowest BCUT2D eigenvalue weighted by Crippen LogP contribution is -2.26. The number of carbonyl (C=O) groups excluding carboxylic acids is 1. The number of hydrogen-bond donors (Lipinski definition) is 1. The number of furan rings is 1. The number of amides is 1. The molecule has 0 spiro atoms. The molecule has 3 aromatic rings. The van der Waals surface area contributed by atoms with E-state index < -0.39 is 0 Å². The first-order valence-corrected chi connectivity index (χ1v) is 7.91. The number of aromatic nitrogens is 2. The molecule has 24 heavy (non-hydrogen) atoms. The predicted octanol–water partition coefficient (Wildman–Crippen LogP) is 3.79. The second-order valence-electron chi connectivity index (χ2n) is 5.33. The van der Waals surface area contributed by atoms with Crippen molar-refractivity contribution in [1.29, 1.82) is 0 Å². The van der Waals surface area contributed by atoms with Gasteiger partial charge in [0.1, 0.15) is 0 Å². The molecule has 0 fully saturated rings. The van der Waals surface area contributed by atoms with Crippen LogP contribution in [-0.4, -0.2) is 16.0 Å². The molecule has 1 amide bonds. The monoisotopic (exact) mass is 345 g/mol. The van der Waals surface area contributed by atoms with E-state index in [0.717, 1.165) is 5.56 Å². The van der Waals surface area contributed by atoms with Crippen LogP contribution in [0.5, 0.6) is 0 Å². The molecule has 1 aromatic carbocycles. The molecule has 2 heterocycles. The second kappa shape index (κ2) is 7.31. The van der Waals surface area contributed by atoms with E-state index in [4.69, 9.17) is 20.5 Å². The summed E-state index contributed by atoms with van der Waals surface area (Å²) >= 11 is 5.86. The molecular formula is C17H16ClN3O3. The maximum absolute atomic E-state index is 12.1. The number of nitrogens with one attached hydrogen (secondary N) is 1. The van der Waals surface area contributed by atoms with E-state index in [2.05, 4.69) is 15.5 Å². The molecule has 7 heteroatoms. The number of hydrogen-bond acceptors (Lipinski definition) is 5. The van der Waals surface area contributed by atoms with Gasteiger partial charge < -0.3 is 14.3 Å². The Morgan fingerprint density at radius 3 is 2.79 bits per heavy atom. The summed E-state index contributed by atoms with van der Waals surface area (Å²) in [6.07, 6.45) is 2.17. The van der Waals surface area contributed by atoms with Crippen molar-refractivity contribution < 1.29 is 13.7 Å². The van der Waals surface area contributed by atoms with Gasteiger partial charge in [-0.1, -0.05) is 28.9 Å². The Labute approximate surface area is 143 Å². The van der Waals surface area contributed by atoms with Gasteiger partial charge in [0.05, 0.1) is 12.3 Å². The summed E-state index contributed by atoms with van der Waals surface area (Å²) in [5.41, 5.74) is 0.991. The summed E-state index contributed by atoms with van der Waals surface area (Å²) in [5.74, 6) is 1.22. The molecule has 0 saturated carbocycles. The number of aryl methyl sites for hydroxylation is 1. The molecule has 0 aliphatic heterocycles. The fourth-order valence-electron chi connectivity index (χ4n) is 2.23. The number of benzene rings is 1. The summed E-state index contributed by atoms with van der Waals surface area (Å²) in [6.45, 7) is 1.92. The lowest BCUT2D eigenvalue weighted by atomic mass is 10.1. The standard InChI is InChI=1S/C17H16ClN3O3/c1-11(12-4-6-13(18)7-5-12)19-15(22)8-9-16-20-17(21-24-16)14-3-2-10-23-14/h2-7,10-11H,8-9H2,1H3,(H,19,22). The number of rotatable bonds is 6. The van der Waals surface area contributed by atoms with Crippen LogP contribution in [0.3, 0.4) is 0 Å². The van der Waals surface area contributed by atoms with Crippen LogP contribution in [0.1, 0.15) is 30.8 Å². The molecule has 1 unspecified atom stereocenters. The fourth-order valence-corrected chi connectivity index (χ4v) is 2.36. The first-order valence-electron chi connectivity index (χ1n) is 7.53. The Balaban J connectivity index is 1.51. The van der Waals surface area contributed by atoms with E-state index in [1.807, 2.05) is 19.1 Å². The second-order valence-corrected chi connectivity index (χ2v) is 5.77. The van der Waals surface area contributed by atoms with E-state index >= 15 is 0 Å². The highest BCUT2D eigenvalue weighted by Crippen LogP contribution is 2.17. The summed E-state index contributed by atoms with van der Waals surface area (Å²) < 4.78 is 10.3. The summed E-state index contributed by atoms with van der Waals surface area (Å²) in [7, 11) is 0. The SMILES string of the molecule is CC(NC(=O)CCc1nc(-c2ccco2)no1)c1ccc(Cl)cc1. The molecule has 3 rings (SSSR count). The number of carbonyl (C=O) groups is 1. The highest BCUT2D eigenvalue weighted by Gasteiger charge is 2.14. The van der Waals surface area contributed by atoms with E-state index in [1.54, 1.807) is 24.3 Å². The number of nitrogens with zero attached hydrogens (tertiary/aromatic N) is 2. The van der Waals surface area contributed by atoms with Gasteiger partial charge in [0.2, 0.25) is 17.6 Å². The maximum atomic E-state index is 12.1. The zero-order valence-electron chi connectivity index (χ0n) is 13.0. The van der Waals surface area contributed by atoms with Crippen molar-refractivity contribution in [3.63, 3.8) is 0 Å². The Bertz CT molecular complexity index is 797. The third-order valence-electron chi connectivity index (χ3n) is 3.52. The summed E-state index contributed by atoms with van der Waals surface area (Å²) in [5, 5.41) is 7.43. The van der Waals surface area contributed by atoms with E-state index in [0.29, 0.717) is 28.9 Å². The molecule has 6 nitrogen and oxygen atoms in total. The van der Waals surface area contributed by atoms with Crippen molar-refractivity contribution in [3.05, 3.63) is 59.1 Å². The van der Waals surface area contributed by atoms with Crippen LogP contribution >= 0.6 is 11.6 Å². The van der Waals surface area contributed by atoms with Crippen LogP contribution in [0.2, 0.25) is 5.02 Å². The van der Waals surface area contributed by atoms with Crippen molar-refractivity contribution in [2.24, 2.45) is 0 Å². The van der Waals surface area contributed by atoms with Crippen molar-refractivity contribution >= 4 is 17.5 Å².